The summed E-state index contributed by atoms with van der Waals surface area (Å²) in [6.45, 7) is 3.13. The lowest BCUT2D eigenvalue weighted by Gasteiger charge is -2.38. The number of piperidine rings is 1. The molecule has 8 heteroatoms. The van der Waals surface area contributed by atoms with Crippen LogP contribution < -0.4 is 9.64 Å². The number of para-hydroxylation sites is 1. The predicted molar refractivity (Wildman–Crippen MR) is 110 cm³/mol. The predicted octanol–water partition coefficient (Wildman–Crippen LogP) is 3.16. The fourth-order valence-electron chi connectivity index (χ4n) is 4.00. The number of hydrogen-bond acceptors (Lipinski definition) is 8. The van der Waals surface area contributed by atoms with Gasteiger partial charge in [0.2, 0.25) is 0 Å². The molecule has 4 rings (SSSR count). The molecule has 0 aliphatic carbocycles. The third-order valence-corrected chi connectivity index (χ3v) is 5.68. The van der Waals surface area contributed by atoms with E-state index in [9.17, 15) is 4.79 Å². The van der Waals surface area contributed by atoms with Gasteiger partial charge in [0, 0.05) is 24.7 Å². The summed E-state index contributed by atoms with van der Waals surface area (Å²) in [5.41, 5.74) is 2.49. The number of benzene rings is 1. The minimum atomic E-state index is -0.821. The summed E-state index contributed by atoms with van der Waals surface area (Å²) >= 11 is 0. The number of aryl methyl sites for hydroxylation is 1. The number of esters is 1. The largest absolute Gasteiger partial charge is 0.496 e. The van der Waals surface area contributed by atoms with Crippen molar-refractivity contribution in [2.45, 2.75) is 25.2 Å². The van der Waals surface area contributed by atoms with Crippen molar-refractivity contribution in [3.05, 3.63) is 54.0 Å². The zero-order chi connectivity index (χ0) is 21.1. The molecule has 1 aliphatic heterocycles. The average molecular weight is 408 g/mol. The number of methoxy groups -OCH3 is 2. The lowest BCUT2D eigenvalue weighted by molar-refractivity contribution is -0.149. The fourth-order valence-corrected chi connectivity index (χ4v) is 4.00. The van der Waals surface area contributed by atoms with Gasteiger partial charge in [-0.1, -0.05) is 17.3 Å². The zero-order valence-electron chi connectivity index (χ0n) is 17.3. The molecule has 0 atom stereocenters. The maximum Gasteiger partial charge on any atom is 0.319 e. The second-order valence-corrected chi connectivity index (χ2v) is 7.39. The first-order chi connectivity index (χ1) is 14.6. The molecule has 3 aromatic rings. The molecule has 0 unspecified atom stereocenters. The molecular weight excluding hydrogens is 384 g/mol. The smallest absolute Gasteiger partial charge is 0.319 e. The van der Waals surface area contributed by atoms with Crippen LogP contribution >= 0.6 is 0 Å². The van der Waals surface area contributed by atoms with E-state index in [0.717, 1.165) is 28.4 Å². The number of hydrogen-bond donors (Lipinski definition) is 0. The van der Waals surface area contributed by atoms with Crippen LogP contribution in [0.4, 0.5) is 5.69 Å². The van der Waals surface area contributed by atoms with Gasteiger partial charge in [0.15, 0.2) is 5.76 Å². The Morgan fingerprint density at radius 2 is 1.93 bits per heavy atom. The number of aromatic nitrogens is 3. The summed E-state index contributed by atoms with van der Waals surface area (Å²) in [5.74, 6) is 1.02. The molecule has 8 nitrogen and oxygen atoms in total. The summed E-state index contributed by atoms with van der Waals surface area (Å²) in [4.78, 5) is 14.9. The van der Waals surface area contributed by atoms with Crippen LogP contribution in [0.2, 0.25) is 0 Å². The Morgan fingerprint density at radius 3 is 2.60 bits per heavy atom. The number of ether oxygens (including phenoxy) is 2. The van der Waals surface area contributed by atoms with E-state index in [0.29, 0.717) is 31.7 Å². The lowest BCUT2D eigenvalue weighted by atomic mass is 9.76. The highest BCUT2D eigenvalue weighted by molar-refractivity contribution is 5.83. The van der Waals surface area contributed by atoms with E-state index in [1.165, 1.54) is 7.11 Å². The Labute approximate surface area is 174 Å². The molecule has 0 bridgehead atoms. The Morgan fingerprint density at radius 1 is 1.17 bits per heavy atom. The fraction of sp³-hybridized carbons (Fsp3) is 0.364. The highest BCUT2D eigenvalue weighted by Gasteiger charge is 2.47. The first-order valence-corrected chi connectivity index (χ1v) is 9.80. The molecule has 3 heterocycles. The van der Waals surface area contributed by atoms with E-state index in [4.69, 9.17) is 14.0 Å². The van der Waals surface area contributed by atoms with Crippen molar-refractivity contribution in [2.24, 2.45) is 0 Å². The molecule has 156 valence electrons. The number of carbonyl (C=O) groups is 1. The molecule has 0 spiro atoms. The van der Waals surface area contributed by atoms with Gasteiger partial charge in [-0.3, -0.25) is 4.79 Å². The monoisotopic (exact) mass is 408 g/mol. The zero-order valence-corrected chi connectivity index (χ0v) is 17.3. The van der Waals surface area contributed by atoms with Crippen molar-refractivity contribution in [1.82, 2.24) is 15.4 Å². The topological polar surface area (TPSA) is 90.6 Å². The summed E-state index contributed by atoms with van der Waals surface area (Å²) < 4.78 is 16.0. The van der Waals surface area contributed by atoms with Gasteiger partial charge in [0.1, 0.15) is 11.2 Å². The van der Waals surface area contributed by atoms with Crippen molar-refractivity contribution in [1.29, 1.82) is 0 Å². The quantitative estimate of drug-likeness (QED) is 0.595. The average Bonchev–Trinajstić information content (AvgIpc) is 3.25. The minimum Gasteiger partial charge on any atom is -0.496 e. The second kappa shape index (κ2) is 8.14. The number of carbonyl (C=O) groups excluding carboxylic acids is 1. The maximum absolute atomic E-state index is 12.7. The second-order valence-electron chi connectivity index (χ2n) is 7.39. The molecule has 2 aromatic heterocycles. The summed E-state index contributed by atoms with van der Waals surface area (Å²) in [6.07, 6.45) is 2.85. The van der Waals surface area contributed by atoms with Crippen LogP contribution in [0.3, 0.4) is 0 Å². The van der Waals surface area contributed by atoms with Crippen LogP contribution in [-0.4, -0.2) is 48.6 Å². The van der Waals surface area contributed by atoms with Crippen molar-refractivity contribution < 1.29 is 18.8 Å². The van der Waals surface area contributed by atoms with Gasteiger partial charge in [-0.25, -0.2) is 0 Å². The first kappa shape index (κ1) is 19.9. The third-order valence-electron chi connectivity index (χ3n) is 5.68. The van der Waals surface area contributed by atoms with E-state index in [-0.39, 0.29) is 5.97 Å². The van der Waals surface area contributed by atoms with E-state index < -0.39 is 5.41 Å². The van der Waals surface area contributed by atoms with Crippen molar-refractivity contribution in [3.8, 4) is 17.0 Å². The van der Waals surface area contributed by atoms with Crippen LogP contribution in [0.1, 0.15) is 24.3 Å². The van der Waals surface area contributed by atoms with Gasteiger partial charge < -0.3 is 18.9 Å². The first-order valence-electron chi connectivity index (χ1n) is 9.80. The molecule has 30 heavy (non-hydrogen) atoms. The van der Waals surface area contributed by atoms with Crippen LogP contribution in [0.25, 0.3) is 11.3 Å². The van der Waals surface area contributed by atoms with Gasteiger partial charge in [-0.2, -0.15) is 10.2 Å². The Bertz CT molecular complexity index is 1040. The number of nitrogens with zero attached hydrogens (tertiary/aromatic N) is 4. The highest BCUT2D eigenvalue weighted by Crippen LogP contribution is 2.39. The Balaban J connectivity index is 1.59. The highest BCUT2D eigenvalue weighted by atomic mass is 16.5. The van der Waals surface area contributed by atoms with Crippen molar-refractivity contribution in [3.63, 3.8) is 0 Å². The minimum absolute atomic E-state index is 0.291. The molecule has 1 aliphatic rings. The van der Waals surface area contributed by atoms with E-state index >= 15 is 0 Å². The van der Waals surface area contributed by atoms with Gasteiger partial charge in [0.25, 0.3) is 0 Å². The van der Waals surface area contributed by atoms with Crippen LogP contribution in [0.15, 0.2) is 47.1 Å². The Hall–Kier alpha value is -3.42. The van der Waals surface area contributed by atoms with Gasteiger partial charge >= 0.3 is 5.97 Å². The molecule has 0 saturated carbocycles. The van der Waals surface area contributed by atoms with E-state index in [2.05, 4.69) is 20.3 Å². The molecule has 0 N–H and O–H groups in total. The molecule has 0 amide bonds. The molecule has 1 aromatic carbocycles. The standard InChI is InChI=1S/C22H24N4O4/c1-15-12-20(30-25-15)22(21(27)29-3)8-10-26(11-9-22)16-13-18(24-23-14-16)17-6-4-5-7-19(17)28-2/h4-7,12-14H,8-11H2,1-3H3. The summed E-state index contributed by atoms with van der Waals surface area (Å²) in [5, 5.41) is 12.4. The molecular formula is C22H24N4O4. The lowest BCUT2D eigenvalue weighted by Crippen LogP contribution is -2.47. The van der Waals surface area contributed by atoms with Crippen molar-refractivity contribution >= 4 is 11.7 Å². The van der Waals surface area contributed by atoms with E-state index in [1.807, 2.05) is 43.3 Å². The normalized spacial score (nSPS) is 15.6. The Kier molecular flexibility index (Phi) is 5.39. The van der Waals surface area contributed by atoms with E-state index in [1.54, 1.807) is 13.3 Å². The molecule has 1 saturated heterocycles. The maximum atomic E-state index is 12.7. The van der Waals surface area contributed by atoms with Crippen molar-refractivity contribution in [2.75, 3.05) is 32.2 Å². The van der Waals surface area contributed by atoms with Crippen LogP contribution in [-0.2, 0) is 14.9 Å². The SMILES string of the molecule is COC(=O)C1(c2cc(C)no2)CCN(c2cnnc(-c3ccccc3OC)c2)CC1. The summed E-state index contributed by atoms with van der Waals surface area (Å²) in [6, 6.07) is 11.5. The van der Waals surface area contributed by atoms with Gasteiger partial charge in [-0.15, -0.1) is 0 Å². The number of anilines is 1. The van der Waals surface area contributed by atoms with Crippen LogP contribution in [0, 0.1) is 6.92 Å². The van der Waals surface area contributed by atoms with Gasteiger partial charge in [-0.05, 0) is 38.0 Å². The van der Waals surface area contributed by atoms with Gasteiger partial charge in [0.05, 0.1) is 37.5 Å². The van der Waals surface area contributed by atoms with Crippen LogP contribution in [0.5, 0.6) is 5.75 Å². The molecule has 1 fully saturated rings. The summed E-state index contributed by atoms with van der Waals surface area (Å²) in [7, 11) is 3.05. The number of rotatable bonds is 5. The molecule has 0 radical (unpaired) electrons. The third kappa shape index (κ3) is 3.49.